The lowest BCUT2D eigenvalue weighted by molar-refractivity contribution is -0.125. The van der Waals surface area contributed by atoms with E-state index < -0.39 is 0 Å². The van der Waals surface area contributed by atoms with Crippen LogP contribution in [0.25, 0.3) is 0 Å². The molecule has 1 aromatic carbocycles. The highest BCUT2D eigenvalue weighted by Crippen LogP contribution is 2.34. The van der Waals surface area contributed by atoms with E-state index in [4.69, 9.17) is 14.5 Å². The fraction of sp³-hybridized carbons (Fsp3) is 0.500. The predicted molar refractivity (Wildman–Crippen MR) is 106 cm³/mol. The number of aromatic nitrogens is 1. The Morgan fingerprint density at radius 3 is 2.93 bits per heavy atom. The van der Waals surface area contributed by atoms with E-state index in [-0.39, 0.29) is 11.8 Å². The zero-order valence-electron chi connectivity index (χ0n) is 15.4. The van der Waals surface area contributed by atoms with Gasteiger partial charge in [-0.05, 0) is 25.0 Å². The van der Waals surface area contributed by atoms with Crippen LogP contribution in [0, 0.1) is 5.92 Å². The first kappa shape index (κ1) is 18.3. The number of benzene rings is 1. The first-order chi connectivity index (χ1) is 13.3. The van der Waals surface area contributed by atoms with Crippen LogP contribution in [0.4, 0.5) is 5.13 Å². The SMILES string of the molecule is O=C(NCCOc1ccccc1)C1CCc2sc(N3CCOCC3)nc2C1. The molecule has 1 unspecified atom stereocenters. The van der Waals surface area contributed by atoms with Gasteiger partial charge in [-0.2, -0.15) is 0 Å². The number of morpholine rings is 1. The Labute approximate surface area is 163 Å². The molecule has 0 spiro atoms. The van der Waals surface area contributed by atoms with E-state index in [2.05, 4.69) is 10.2 Å². The molecule has 1 aromatic heterocycles. The number of para-hydroxylation sites is 1. The zero-order valence-corrected chi connectivity index (χ0v) is 16.2. The van der Waals surface area contributed by atoms with Crippen molar-refractivity contribution in [1.82, 2.24) is 10.3 Å². The smallest absolute Gasteiger partial charge is 0.223 e. The van der Waals surface area contributed by atoms with Crippen molar-refractivity contribution in [2.45, 2.75) is 19.3 Å². The van der Waals surface area contributed by atoms with Crippen molar-refractivity contribution in [2.24, 2.45) is 5.92 Å². The molecular weight excluding hydrogens is 362 g/mol. The molecule has 27 heavy (non-hydrogen) atoms. The number of thiazole rings is 1. The second-order valence-electron chi connectivity index (χ2n) is 6.86. The van der Waals surface area contributed by atoms with Crippen LogP contribution in [0.3, 0.4) is 0 Å². The molecular formula is C20H25N3O3S. The molecule has 2 heterocycles. The number of carbonyl (C=O) groups is 1. The minimum atomic E-state index is 0.00821. The van der Waals surface area contributed by atoms with Crippen LogP contribution in [0.1, 0.15) is 17.0 Å². The maximum atomic E-state index is 12.5. The second-order valence-corrected chi connectivity index (χ2v) is 7.92. The largest absolute Gasteiger partial charge is 0.492 e. The van der Waals surface area contributed by atoms with Gasteiger partial charge in [0.1, 0.15) is 12.4 Å². The van der Waals surface area contributed by atoms with Crippen LogP contribution < -0.4 is 15.0 Å². The van der Waals surface area contributed by atoms with E-state index in [0.29, 0.717) is 13.2 Å². The van der Waals surface area contributed by atoms with E-state index >= 15 is 0 Å². The molecule has 1 aliphatic heterocycles. The van der Waals surface area contributed by atoms with E-state index in [1.807, 2.05) is 30.3 Å². The van der Waals surface area contributed by atoms with Crippen molar-refractivity contribution < 1.29 is 14.3 Å². The Bertz CT molecular complexity index is 759. The molecule has 6 nitrogen and oxygen atoms in total. The summed E-state index contributed by atoms with van der Waals surface area (Å²) in [5.74, 6) is 0.944. The Kier molecular flexibility index (Phi) is 5.89. The second kappa shape index (κ2) is 8.71. The van der Waals surface area contributed by atoms with E-state index in [9.17, 15) is 4.79 Å². The molecule has 0 saturated carbocycles. The minimum Gasteiger partial charge on any atom is -0.492 e. The van der Waals surface area contributed by atoms with Crippen molar-refractivity contribution in [2.75, 3.05) is 44.4 Å². The number of nitrogens with one attached hydrogen (secondary N) is 1. The van der Waals surface area contributed by atoms with Gasteiger partial charge in [-0.25, -0.2) is 4.98 Å². The average Bonchev–Trinajstić information content (AvgIpc) is 3.16. The van der Waals surface area contributed by atoms with Gasteiger partial charge in [0.2, 0.25) is 5.91 Å². The normalized spacial score (nSPS) is 19.4. The molecule has 1 N–H and O–H groups in total. The standard InChI is InChI=1S/C20H25N3O3S/c24-19(21-8-11-26-16-4-2-1-3-5-16)15-6-7-18-17(14-15)22-20(27-18)23-9-12-25-13-10-23/h1-5,15H,6-14H2,(H,21,24). The van der Waals surface area contributed by atoms with Crippen molar-refractivity contribution in [1.29, 1.82) is 0 Å². The summed E-state index contributed by atoms with van der Waals surface area (Å²) in [6.07, 6.45) is 2.57. The number of carbonyl (C=O) groups excluding carboxylic acids is 1. The highest BCUT2D eigenvalue weighted by Gasteiger charge is 2.28. The molecule has 4 rings (SSSR count). The van der Waals surface area contributed by atoms with E-state index in [1.54, 1.807) is 11.3 Å². The summed E-state index contributed by atoms with van der Waals surface area (Å²) in [4.78, 5) is 21.0. The van der Waals surface area contributed by atoms with Gasteiger partial charge in [-0.3, -0.25) is 4.79 Å². The molecule has 2 aliphatic rings. The Hall–Kier alpha value is -2.12. The number of aryl methyl sites for hydroxylation is 1. The third-order valence-electron chi connectivity index (χ3n) is 4.99. The van der Waals surface area contributed by atoms with E-state index in [1.165, 1.54) is 4.88 Å². The summed E-state index contributed by atoms with van der Waals surface area (Å²) >= 11 is 1.78. The van der Waals surface area contributed by atoms with Gasteiger partial charge in [-0.1, -0.05) is 18.2 Å². The Morgan fingerprint density at radius 1 is 1.30 bits per heavy atom. The number of rotatable bonds is 6. The summed E-state index contributed by atoms with van der Waals surface area (Å²) in [6, 6.07) is 9.66. The quantitative estimate of drug-likeness (QED) is 0.771. The molecule has 1 fully saturated rings. The van der Waals surface area contributed by atoms with E-state index in [0.717, 1.165) is 62.1 Å². The van der Waals surface area contributed by atoms with Crippen LogP contribution in [0.5, 0.6) is 5.75 Å². The topological polar surface area (TPSA) is 63.7 Å². The third-order valence-corrected chi connectivity index (χ3v) is 6.21. The summed E-state index contributed by atoms with van der Waals surface area (Å²) in [5.41, 5.74) is 1.11. The third kappa shape index (κ3) is 4.59. The molecule has 2 aromatic rings. The summed E-state index contributed by atoms with van der Waals surface area (Å²) in [7, 11) is 0. The number of hydrogen-bond acceptors (Lipinski definition) is 6. The van der Waals surface area contributed by atoms with Gasteiger partial charge in [0.15, 0.2) is 5.13 Å². The Balaban J connectivity index is 1.26. The number of fused-ring (bicyclic) bond motifs is 1. The van der Waals surface area contributed by atoms with Crippen molar-refractivity contribution in [3.05, 3.63) is 40.9 Å². The molecule has 1 saturated heterocycles. The fourth-order valence-electron chi connectivity index (χ4n) is 3.48. The maximum Gasteiger partial charge on any atom is 0.223 e. The number of ether oxygens (including phenoxy) is 2. The van der Waals surface area contributed by atoms with Crippen molar-refractivity contribution in [3.8, 4) is 5.75 Å². The lowest BCUT2D eigenvalue weighted by Gasteiger charge is -2.26. The van der Waals surface area contributed by atoms with Gasteiger partial charge in [0, 0.05) is 30.3 Å². The summed E-state index contributed by atoms with van der Waals surface area (Å²) in [5, 5.41) is 4.09. The fourth-order valence-corrected chi connectivity index (χ4v) is 4.64. The van der Waals surface area contributed by atoms with Gasteiger partial charge >= 0.3 is 0 Å². The highest BCUT2D eigenvalue weighted by atomic mass is 32.1. The number of amides is 1. The van der Waals surface area contributed by atoms with Gasteiger partial charge in [0.05, 0.1) is 25.5 Å². The highest BCUT2D eigenvalue weighted by molar-refractivity contribution is 7.15. The van der Waals surface area contributed by atoms with Crippen LogP contribution >= 0.6 is 11.3 Å². The van der Waals surface area contributed by atoms with Crippen LogP contribution in [-0.4, -0.2) is 50.3 Å². The van der Waals surface area contributed by atoms with Crippen LogP contribution in [0.2, 0.25) is 0 Å². The maximum absolute atomic E-state index is 12.5. The molecule has 1 atom stereocenters. The monoisotopic (exact) mass is 387 g/mol. The molecule has 1 amide bonds. The van der Waals surface area contributed by atoms with Crippen LogP contribution in [0.15, 0.2) is 30.3 Å². The lowest BCUT2D eigenvalue weighted by atomic mass is 9.90. The summed E-state index contributed by atoms with van der Waals surface area (Å²) < 4.78 is 11.0. The molecule has 0 bridgehead atoms. The first-order valence-electron chi connectivity index (χ1n) is 9.56. The number of anilines is 1. The molecule has 144 valence electrons. The van der Waals surface area contributed by atoms with Crippen LogP contribution in [-0.2, 0) is 22.4 Å². The lowest BCUT2D eigenvalue weighted by Crippen LogP contribution is -2.36. The Morgan fingerprint density at radius 2 is 2.11 bits per heavy atom. The van der Waals surface area contributed by atoms with Gasteiger partial charge < -0.3 is 19.7 Å². The average molecular weight is 388 g/mol. The minimum absolute atomic E-state index is 0.00821. The summed E-state index contributed by atoms with van der Waals surface area (Å²) in [6.45, 7) is 4.33. The molecule has 1 aliphatic carbocycles. The zero-order chi connectivity index (χ0) is 18.5. The first-order valence-corrected chi connectivity index (χ1v) is 10.4. The van der Waals surface area contributed by atoms with Gasteiger partial charge in [-0.15, -0.1) is 11.3 Å². The number of nitrogens with zero attached hydrogens (tertiary/aromatic N) is 2. The number of hydrogen-bond donors (Lipinski definition) is 1. The molecule has 7 heteroatoms. The molecule has 0 radical (unpaired) electrons. The van der Waals surface area contributed by atoms with Crippen molar-refractivity contribution in [3.63, 3.8) is 0 Å². The van der Waals surface area contributed by atoms with Gasteiger partial charge in [0.25, 0.3) is 0 Å². The predicted octanol–water partition coefficient (Wildman–Crippen LogP) is 2.28. The van der Waals surface area contributed by atoms with Crippen molar-refractivity contribution >= 4 is 22.4 Å².